The molecular weight excluding hydrogens is 372 g/mol. The molecular formula is C18H22N2O4S2. The molecule has 1 aliphatic rings. The smallest absolute Gasteiger partial charge is 0.261 e. The third kappa shape index (κ3) is 3.57. The number of rotatable bonds is 4. The van der Waals surface area contributed by atoms with E-state index >= 15 is 0 Å². The molecule has 3 rings (SSSR count). The third-order valence-corrected chi connectivity index (χ3v) is 7.84. The van der Waals surface area contributed by atoms with Gasteiger partial charge in [0.05, 0.1) is 16.3 Å². The number of anilines is 2. The van der Waals surface area contributed by atoms with Crippen molar-refractivity contribution in [2.75, 3.05) is 21.3 Å². The molecule has 0 bridgehead atoms. The van der Waals surface area contributed by atoms with E-state index in [1.54, 1.807) is 43.3 Å². The van der Waals surface area contributed by atoms with Crippen LogP contribution in [0.5, 0.6) is 0 Å². The van der Waals surface area contributed by atoms with Gasteiger partial charge < -0.3 is 0 Å². The molecule has 1 N–H and O–H groups in total. The molecule has 8 heteroatoms. The maximum Gasteiger partial charge on any atom is 0.261 e. The van der Waals surface area contributed by atoms with Gasteiger partial charge in [-0.3, -0.25) is 9.03 Å². The summed E-state index contributed by atoms with van der Waals surface area (Å²) in [6.45, 7) is 6.02. The molecule has 26 heavy (non-hydrogen) atoms. The topological polar surface area (TPSA) is 83.6 Å². The second-order valence-corrected chi connectivity index (χ2v) is 10.3. The first-order valence-electron chi connectivity index (χ1n) is 8.31. The van der Waals surface area contributed by atoms with Gasteiger partial charge in [0, 0.05) is 12.2 Å². The maximum atomic E-state index is 12.6. The van der Waals surface area contributed by atoms with Gasteiger partial charge in [0.15, 0.2) is 0 Å². The zero-order chi connectivity index (χ0) is 19.1. The Morgan fingerprint density at radius 2 is 1.69 bits per heavy atom. The standard InChI is InChI=1S/C18H22N2O4S2/c1-13-5-7-17(12-14(13)2)26(23,24)19-16-6-8-18(15(3)11-16)20-9-4-10-25(20,21)22/h5-8,11-12,19H,4,9-10H2,1-3H3. The van der Waals surface area contributed by atoms with E-state index in [1.807, 2.05) is 13.8 Å². The van der Waals surface area contributed by atoms with Crippen molar-refractivity contribution in [2.24, 2.45) is 0 Å². The molecule has 1 saturated heterocycles. The molecule has 0 unspecified atom stereocenters. The summed E-state index contributed by atoms with van der Waals surface area (Å²) >= 11 is 0. The van der Waals surface area contributed by atoms with Gasteiger partial charge in [-0.25, -0.2) is 16.8 Å². The summed E-state index contributed by atoms with van der Waals surface area (Å²) in [5, 5.41) is 0. The lowest BCUT2D eigenvalue weighted by Crippen LogP contribution is -2.25. The minimum absolute atomic E-state index is 0.146. The van der Waals surface area contributed by atoms with E-state index in [9.17, 15) is 16.8 Å². The second kappa shape index (κ2) is 6.59. The first-order valence-corrected chi connectivity index (χ1v) is 11.4. The molecule has 0 aliphatic carbocycles. The van der Waals surface area contributed by atoms with Crippen molar-refractivity contribution >= 4 is 31.4 Å². The van der Waals surface area contributed by atoms with E-state index in [0.29, 0.717) is 29.9 Å². The molecule has 140 valence electrons. The largest absolute Gasteiger partial charge is 0.280 e. The average molecular weight is 395 g/mol. The van der Waals surface area contributed by atoms with Crippen LogP contribution >= 0.6 is 0 Å². The van der Waals surface area contributed by atoms with Crippen molar-refractivity contribution in [1.82, 2.24) is 0 Å². The number of nitrogens with one attached hydrogen (secondary N) is 1. The lowest BCUT2D eigenvalue weighted by atomic mass is 10.1. The predicted octanol–water partition coefficient (Wildman–Crippen LogP) is 2.95. The Morgan fingerprint density at radius 1 is 0.962 bits per heavy atom. The Kier molecular flexibility index (Phi) is 4.74. The van der Waals surface area contributed by atoms with E-state index < -0.39 is 20.0 Å². The molecule has 0 radical (unpaired) electrons. The molecule has 0 spiro atoms. The van der Waals surface area contributed by atoms with E-state index in [0.717, 1.165) is 11.1 Å². The Labute approximate surface area is 155 Å². The third-order valence-electron chi connectivity index (χ3n) is 4.61. The zero-order valence-electron chi connectivity index (χ0n) is 15.0. The van der Waals surface area contributed by atoms with Crippen molar-refractivity contribution in [1.29, 1.82) is 0 Å². The van der Waals surface area contributed by atoms with Gasteiger partial charge in [-0.15, -0.1) is 0 Å². The van der Waals surface area contributed by atoms with Crippen LogP contribution in [0.15, 0.2) is 41.3 Å². The van der Waals surface area contributed by atoms with Crippen LogP contribution in [0.4, 0.5) is 11.4 Å². The van der Waals surface area contributed by atoms with Crippen LogP contribution in [-0.2, 0) is 20.0 Å². The first kappa shape index (κ1) is 18.7. The lowest BCUT2D eigenvalue weighted by Gasteiger charge is -2.20. The summed E-state index contributed by atoms with van der Waals surface area (Å²) in [6, 6.07) is 9.88. The van der Waals surface area contributed by atoms with E-state index in [4.69, 9.17) is 0 Å². The molecule has 6 nitrogen and oxygen atoms in total. The maximum absolute atomic E-state index is 12.6. The number of benzene rings is 2. The Bertz CT molecular complexity index is 1060. The van der Waals surface area contributed by atoms with Gasteiger partial charge in [-0.2, -0.15) is 0 Å². The summed E-state index contributed by atoms with van der Waals surface area (Å²) < 4.78 is 53.3. The molecule has 0 aromatic heterocycles. The molecule has 1 aliphatic heterocycles. The number of nitrogens with zero attached hydrogens (tertiary/aromatic N) is 1. The number of aryl methyl sites for hydroxylation is 3. The van der Waals surface area contributed by atoms with Crippen molar-refractivity contribution < 1.29 is 16.8 Å². The Hall–Kier alpha value is -2.06. The quantitative estimate of drug-likeness (QED) is 0.864. The molecule has 0 atom stereocenters. The Balaban J connectivity index is 1.89. The average Bonchev–Trinajstić information content (AvgIpc) is 2.89. The van der Waals surface area contributed by atoms with Gasteiger partial charge in [-0.1, -0.05) is 6.07 Å². The fraction of sp³-hybridized carbons (Fsp3) is 0.333. The summed E-state index contributed by atoms with van der Waals surface area (Å²) in [7, 11) is -6.97. The number of hydrogen-bond donors (Lipinski definition) is 1. The van der Waals surface area contributed by atoms with Crippen LogP contribution in [0, 0.1) is 20.8 Å². The van der Waals surface area contributed by atoms with E-state index in [2.05, 4.69) is 4.72 Å². The minimum atomic E-state index is -3.71. The van der Waals surface area contributed by atoms with Gasteiger partial charge >= 0.3 is 0 Å². The van der Waals surface area contributed by atoms with Crippen LogP contribution in [0.2, 0.25) is 0 Å². The van der Waals surface area contributed by atoms with Gasteiger partial charge in [-0.05, 0) is 74.2 Å². The normalized spacial score (nSPS) is 16.7. The van der Waals surface area contributed by atoms with Crippen LogP contribution < -0.4 is 9.03 Å². The molecule has 2 aromatic rings. The summed E-state index contributed by atoms with van der Waals surface area (Å²) in [5.74, 6) is 0.146. The number of sulfonamides is 2. The predicted molar refractivity (Wildman–Crippen MR) is 104 cm³/mol. The second-order valence-electron chi connectivity index (χ2n) is 6.59. The summed E-state index contributed by atoms with van der Waals surface area (Å²) in [4.78, 5) is 0.199. The highest BCUT2D eigenvalue weighted by molar-refractivity contribution is 7.93. The Morgan fingerprint density at radius 3 is 2.27 bits per heavy atom. The van der Waals surface area contributed by atoms with E-state index in [1.165, 1.54) is 4.31 Å². The van der Waals surface area contributed by atoms with Crippen molar-refractivity contribution in [2.45, 2.75) is 32.1 Å². The molecule has 0 amide bonds. The fourth-order valence-corrected chi connectivity index (χ4v) is 5.76. The summed E-state index contributed by atoms with van der Waals surface area (Å²) in [5.41, 5.74) is 3.63. The van der Waals surface area contributed by atoms with E-state index in [-0.39, 0.29) is 10.6 Å². The molecule has 1 heterocycles. The fourth-order valence-electron chi connectivity index (χ4n) is 3.00. The SMILES string of the molecule is Cc1ccc(S(=O)(=O)Nc2ccc(N3CCCS3(=O)=O)c(C)c2)cc1C. The zero-order valence-corrected chi connectivity index (χ0v) is 16.6. The minimum Gasteiger partial charge on any atom is -0.280 e. The van der Waals surface area contributed by atoms with Crippen LogP contribution in [0.25, 0.3) is 0 Å². The van der Waals surface area contributed by atoms with Crippen molar-refractivity contribution in [3.63, 3.8) is 0 Å². The lowest BCUT2D eigenvalue weighted by molar-refractivity contribution is 0.598. The highest BCUT2D eigenvalue weighted by Gasteiger charge is 2.29. The van der Waals surface area contributed by atoms with Gasteiger partial charge in [0.1, 0.15) is 0 Å². The monoisotopic (exact) mass is 394 g/mol. The van der Waals surface area contributed by atoms with Crippen LogP contribution in [0.1, 0.15) is 23.1 Å². The van der Waals surface area contributed by atoms with Gasteiger partial charge in [0.25, 0.3) is 10.0 Å². The number of hydrogen-bond acceptors (Lipinski definition) is 4. The van der Waals surface area contributed by atoms with Crippen LogP contribution in [0.3, 0.4) is 0 Å². The molecule has 1 fully saturated rings. The van der Waals surface area contributed by atoms with Crippen molar-refractivity contribution in [3.05, 3.63) is 53.1 Å². The summed E-state index contributed by atoms with van der Waals surface area (Å²) in [6.07, 6.45) is 0.600. The van der Waals surface area contributed by atoms with Crippen LogP contribution in [-0.4, -0.2) is 29.1 Å². The highest BCUT2D eigenvalue weighted by Crippen LogP contribution is 2.30. The molecule has 2 aromatic carbocycles. The van der Waals surface area contributed by atoms with Gasteiger partial charge in [0.2, 0.25) is 10.0 Å². The highest BCUT2D eigenvalue weighted by atomic mass is 32.2. The first-order chi connectivity index (χ1) is 12.1. The molecule has 0 saturated carbocycles. The van der Waals surface area contributed by atoms with Crippen molar-refractivity contribution in [3.8, 4) is 0 Å².